The summed E-state index contributed by atoms with van der Waals surface area (Å²) < 4.78 is 13.1. The Morgan fingerprint density at radius 2 is 1.86 bits per heavy atom. The van der Waals surface area contributed by atoms with Gasteiger partial charge in [-0.1, -0.05) is 23.2 Å². The first-order valence-electron chi connectivity index (χ1n) is 8.49. The topological polar surface area (TPSA) is 78.7 Å². The molecule has 28 heavy (non-hydrogen) atoms. The maximum atomic E-state index is 13.1. The highest BCUT2D eigenvalue weighted by Gasteiger charge is 2.25. The van der Waals surface area contributed by atoms with E-state index in [2.05, 4.69) is 5.32 Å². The number of nitrogens with zero attached hydrogens (tertiary/aromatic N) is 3. The van der Waals surface area contributed by atoms with Crippen LogP contribution >= 0.6 is 23.2 Å². The van der Waals surface area contributed by atoms with Crippen molar-refractivity contribution in [3.63, 3.8) is 0 Å². The van der Waals surface area contributed by atoms with E-state index in [4.69, 9.17) is 23.2 Å². The number of hydrogen-bond acceptors (Lipinski definition) is 5. The lowest BCUT2D eigenvalue weighted by molar-refractivity contribution is -0.384. The van der Waals surface area contributed by atoms with Gasteiger partial charge >= 0.3 is 0 Å². The summed E-state index contributed by atoms with van der Waals surface area (Å²) in [5, 5.41) is 14.4. The van der Waals surface area contributed by atoms with Crippen LogP contribution in [0.5, 0.6) is 0 Å². The zero-order valence-corrected chi connectivity index (χ0v) is 16.2. The summed E-state index contributed by atoms with van der Waals surface area (Å²) in [7, 11) is 0. The van der Waals surface area contributed by atoms with Gasteiger partial charge in [0.2, 0.25) is 5.91 Å². The monoisotopic (exact) mass is 426 g/mol. The first-order chi connectivity index (χ1) is 13.3. The maximum absolute atomic E-state index is 13.1. The van der Waals surface area contributed by atoms with Gasteiger partial charge in [-0.05, 0) is 30.3 Å². The van der Waals surface area contributed by atoms with E-state index in [-0.39, 0.29) is 23.2 Å². The fourth-order valence-electron chi connectivity index (χ4n) is 3.04. The Morgan fingerprint density at radius 3 is 2.50 bits per heavy atom. The van der Waals surface area contributed by atoms with Crippen molar-refractivity contribution in [3.8, 4) is 0 Å². The van der Waals surface area contributed by atoms with Crippen LogP contribution in [0.25, 0.3) is 0 Å². The molecule has 1 fully saturated rings. The number of nitrogens with one attached hydrogen (secondary N) is 1. The van der Waals surface area contributed by atoms with E-state index < -0.39 is 10.7 Å². The lowest BCUT2D eigenvalue weighted by Gasteiger charge is -2.35. The molecule has 1 N–H and O–H groups in total. The van der Waals surface area contributed by atoms with Gasteiger partial charge in [0, 0.05) is 37.3 Å². The highest BCUT2D eigenvalue weighted by Crippen LogP contribution is 2.31. The third-order valence-electron chi connectivity index (χ3n) is 4.42. The minimum atomic E-state index is -0.476. The highest BCUT2D eigenvalue weighted by atomic mass is 35.5. The van der Waals surface area contributed by atoms with Crippen molar-refractivity contribution in [1.82, 2.24) is 4.90 Å². The molecule has 1 amide bonds. The van der Waals surface area contributed by atoms with Crippen molar-refractivity contribution in [2.24, 2.45) is 0 Å². The standard InChI is InChI=1S/C18H17Cl2FN4O3/c19-12-1-4-16(17(9-12)25(27)28)24-7-5-23(6-8-24)11-18(26)22-15-3-2-13(21)10-14(15)20/h1-4,9-10H,5-8,11H2,(H,22,26). The first-order valence-corrected chi connectivity index (χ1v) is 9.25. The molecule has 0 radical (unpaired) electrons. The molecule has 0 aliphatic carbocycles. The molecular formula is C18H17Cl2FN4O3. The largest absolute Gasteiger partial charge is 0.363 e. The van der Waals surface area contributed by atoms with Crippen LogP contribution in [0.4, 0.5) is 21.5 Å². The average Bonchev–Trinajstić information content (AvgIpc) is 2.65. The quantitative estimate of drug-likeness (QED) is 0.580. The Balaban J connectivity index is 1.57. The third-order valence-corrected chi connectivity index (χ3v) is 4.97. The summed E-state index contributed by atoms with van der Waals surface area (Å²) in [6, 6.07) is 8.36. The number of carbonyl (C=O) groups is 1. The summed E-state index contributed by atoms with van der Waals surface area (Å²) in [6.07, 6.45) is 0. The number of piperazine rings is 1. The minimum absolute atomic E-state index is 0.0374. The molecule has 0 spiro atoms. The van der Waals surface area contributed by atoms with Gasteiger partial charge in [0.1, 0.15) is 11.5 Å². The van der Waals surface area contributed by atoms with Crippen LogP contribution < -0.4 is 10.2 Å². The van der Waals surface area contributed by atoms with Crippen LogP contribution in [-0.2, 0) is 4.79 Å². The number of hydrogen-bond donors (Lipinski definition) is 1. The Kier molecular flexibility index (Phi) is 6.33. The van der Waals surface area contributed by atoms with Gasteiger partial charge in [-0.3, -0.25) is 19.8 Å². The molecule has 2 aromatic carbocycles. The molecule has 0 atom stereocenters. The predicted octanol–water partition coefficient (Wildman–Crippen LogP) is 3.80. The molecule has 148 valence electrons. The molecule has 1 saturated heterocycles. The van der Waals surface area contributed by atoms with Gasteiger partial charge in [0.25, 0.3) is 5.69 Å². The average molecular weight is 427 g/mol. The Bertz CT molecular complexity index is 904. The van der Waals surface area contributed by atoms with Crippen LogP contribution in [0.1, 0.15) is 0 Å². The highest BCUT2D eigenvalue weighted by molar-refractivity contribution is 6.33. The molecule has 0 saturated carbocycles. The Hall–Kier alpha value is -2.42. The van der Waals surface area contributed by atoms with E-state index in [1.165, 1.54) is 18.2 Å². The van der Waals surface area contributed by atoms with Gasteiger partial charge in [-0.25, -0.2) is 4.39 Å². The van der Waals surface area contributed by atoms with Crippen LogP contribution in [0.15, 0.2) is 36.4 Å². The summed E-state index contributed by atoms with van der Waals surface area (Å²) in [5.41, 5.74) is 0.824. The predicted molar refractivity (Wildman–Crippen MR) is 107 cm³/mol. The van der Waals surface area contributed by atoms with Crippen molar-refractivity contribution in [1.29, 1.82) is 0 Å². The second kappa shape index (κ2) is 8.72. The molecule has 7 nitrogen and oxygen atoms in total. The summed E-state index contributed by atoms with van der Waals surface area (Å²) >= 11 is 11.8. The van der Waals surface area contributed by atoms with Gasteiger partial charge < -0.3 is 10.2 Å². The third kappa shape index (κ3) is 4.89. The molecule has 0 aromatic heterocycles. The summed E-state index contributed by atoms with van der Waals surface area (Å²) in [4.78, 5) is 26.9. The van der Waals surface area contributed by atoms with Crippen LogP contribution in [-0.4, -0.2) is 48.5 Å². The molecule has 1 heterocycles. The van der Waals surface area contributed by atoms with Gasteiger partial charge in [-0.2, -0.15) is 0 Å². The van der Waals surface area contributed by atoms with Crippen LogP contribution in [0.3, 0.4) is 0 Å². The molecule has 3 rings (SSSR count). The number of benzene rings is 2. The number of rotatable bonds is 5. The SMILES string of the molecule is O=C(CN1CCN(c2ccc(Cl)cc2[N+](=O)[O-])CC1)Nc1ccc(F)cc1Cl. The Labute approximate surface area is 170 Å². The zero-order chi connectivity index (χ0) is 20.3. The number of halogens is 3. The fraction of sp³-hybridized carbons (Fsp3) is 0.278. The second-order valence-electron chi connectivity index (χ2n) is 6.33. The molecule has 10 heteroatoms. The molecular weight excluding hydrogens is 410 g/mol. The lowest BCUT2D eigenvalue weighted by atomic mass is 10.2. The fourth-order valence-corrected chi connectivity index (χ4v) is 3.42. The lowest BCUT2D eigenvalue weighted by Crippen LogP contribution is -2.48. The summed E-state index contributed by atoms with van der Waals surface area (Å²) in [5.74, 6) is -0.741. The van der Waals surface area contributed by atoms with Gasteiger partial charge in [-0.15, -0.1) is 0 Å². The summed E-state index contributed by atoms with van der Waals surface area (Å²) in [6.45, 7) is 2.33. The van der Waals surface area contributed by atoms with E-state index in [1.54, 1.807) is 12.1 Å². The van der Waals surface area contributed by atoms with E-state index in [1.807, 2.05) is 9.80 Å². The van der Waals surface area contributed by atoms with Crippen molar-refractivity contribution in [3.05, 3.63) is 62.4 Å². The maximum Gasteiger partial charge on any atom is 0.294 e. The Morgan fingerprint density at radius 1 is 1.14 bits per heavy atom. The zero-order valence-electron chi connectivity index (χ0n) is 14.7. The smallest absolute Gasteiger partial charge is 0.294 e. The number of anilines is 2. The molecule has 1 aliphatic rings. The molecule has 0 bridgehead atoms. The van der Waals surface area contributed by atoms with E-state index in [0.717, 1.165) is 6.07 Å². The van der Waals surface area contributed by atoms with Gasteiger partial charge in [0.05, 0.1) is 22.2 Å². The second-order valence-corrected chi connectivity index (χ2v) is 7.17. The van der Waals surface area contributed by atoms with Crippen LogP contribution in [0.2, 0.25) is 10.0 Å². The minimum Gasteiger partial charge on any atom is -0.363 e. The number of nitro benzene ring substituents is 1. The van der Waals surface area contributed by atoms with E-state index in [0.29, 0.717) is 42.6 Å². The molecule has 1 aliphatic heterocycles. The molecule has 0 unspecified atom stereocenters. The number of carbonyl (C=O) groups excluding carboxylic acids is 1. The van der Waals surface area contributed by atoms with Crippen molar-refractivity contribution < 1.29 is 14.1 Å². The number of amides is 1. The first kappa shape index (κ1) is 20.3. The van der Waals surface area contributed by atoms with E-state index >= 15 is 0 Å². The van der Waals surface area contributed by atoms with Crippen LogP contribution in [0, 0.1) is 15.9 Å². The van der Waals surface area contributed by atoms with Crippen molar-refractivity contribution in [2.45, 2.75) is 0 Å². The van der Waals surface area contributed by atoms with Crippen molar-refractivity contribution >= 4 is 46.2 Å². The van der Waals surface area contributed by atoms with E-state index in [9.17, 15) is 19.3 Å². The van der Waals surface area contributed by atoms with Crippen molar-refractivity contribution in [2.75, 3.05) is 42.9 Å². The normalized spacial score (nSPS) is 14.8. The van der Waals surface area contributed by atoms with Gasteiger partial charge in [0.15, 0.2) is 0 Å². The number of nitro groups is 1. The molecule has 2 aromatic rings.